The highest BCUT2D eigenvalue weighted by molar-refractivity contribution is 6.23. The highest BCUT2D eigenvalue weighted by Gasteiger charge is 2.21. The molecule has 0 N–H and O–H groups in total. The summed E-state index contributed by atoms with van der Waals surface area (Å²) in [5.74, 6) is 0. The van der Waals surface area contributed by atoms with Gasteiger partial charge in [-0.3, -0.25) is 0 Å². The van der Waals surface area contributed by atoms with Crippen LogP contribution in [0.3, 0.4) is 0 Å². The monoisotopic (exact) mass is 1290 g/mol. The molecule has 474 valence electrons. The van der Waals surface area contributed by atoms with Crippen molar-refractivity contribution in [2.45, 2.75) is 0 Å². The molecule has 102 heavy (non-hydrogen) atoms. The normalized spacial score (nSPS) is 11.7. The van der Waals surface area contributed by atoms with E-state index < -0.39 is 0 Å². The second-order valence-electron chi connectivity index (χ2n) is 26.9. The van der Waals surface area contributed by atoms with E-state index in [4.69, 9.17) is 8.83 Å². The molecule has 21 rings (SSSR count). The van der Waals surface area contributed by atoms with Crippen LogP contribution in [0, 0.1) is 0 Å². The van der Waals surface area contributed by atoms with Crippen molar-refractivity contribution in [3.63, 3.8) is 0 Å². The highest BCUT2D eigenvalue weighted by Crippen LogP contribution is 2.48. The van der Waals surface area contributed by atoms with E-state index in [0.717, 1.165) is 43.9 Å². The summed E-state index contributed by atoms with van der Waals surface area (Å²) >= 11 is 0. The summed E-state index contributed by atoms with van der Waals surface area (Å²) in [7, 11) is 0. The maximum atomic E-state index is 6.29. The minimum atomic E-state index is 0.914. The van der Waals surface area contributed by atoms with Gasteiger partial charge in [0.25, 0.3) is 0 Å². The molecule has 19 aromatic carbocycles. The minimum Gasteiger partial charge on any atom is -0.456 e. The molecular formula is C100H62O2. The second kappa shape index (κ2) is 24.2. The van der Waals surface area contributed by atoms with Crippen LogP contribution < -0.4 is 0 Å². The number of fused-ring (bicyclic) bond motifs is 13. The zero-order chi connectivity index (χ0) is 67.2. The van der Waals surface area contributed by atoms with Crippen LogP contribution in [0.15, 0.2) is 385 Å². The third-order valence-corrected chi connectivity index (χ3v) is 21.1. The van der Waals surface area contributed by atoms with Crippen molar-refractivity contribution in [2.24, 2.45) is 0 Å². The van der Waals surface area contributed by atoms with E-state index in [1.165, 1.54) is 164 Å². The van der Waals surface area contributed by atoms with E-state index in [1.807, 2.05) is 0 Å². The fraction of sp³-hybridized carbons (Fsp3) is 0. The van der Waals surface area contributed by atoms with Crippen LogP contribution in [-0.2, 0) is 0 Å². The molecule has 2 heterocycles. The van der Waals surface area contributed by atoms with Crippen LogP contribution >= 0.6 is 0 Å². The molecule has 0 aliphatic heterocycles. The molecule has 0 saturated heterocycles. The standard InChI is InChI=1S/C52H32O.C48H30O/c1-2-10-38-29-41(26-21-33(38)9-1)34-17-22-36(23-18-34)51-43-13-5-7-15-45(43)52(46-16-8-6-14-44(46)51)37-24-19-35(20-25-37)42-27-28-49-47(31-42)48-30-39-11-3-4-12-40(39)32-50(48)53-49;1-2-11-31(12-3-1)34-15-10-16-38(27-34)48-41-19-8-6-17-39(41)47(40-18-7-9-20-42(40)48)33-23-21-32(22-24-33)37-25-26-45-43(29-37)44-28-35-13-4-5-14-36(35)30-46(44)49-45/h1-32H;1-30H. The van der Waals surface area contributed by atoms with Gasteiger partial charge in [-0.1, -0.05) is 315 Å². The summed E-state index contributed by atoms with van der Waals surface area (Å²) in [6.45, 7) is 0. The molecule has 0 unspecified atom stereocenters. The average Bonchev–Trinajstić information content (AvgIpc) is 1.01. The van der Waals surface area contributed by atoms with E-state index in [2.05, 4.69) is 376 Å². The van der Waals surface area contributed by atoms with Crippen molar-refractivity contribution in [1.29, 1.82) is 0 Å². The van der Waals surface area contributed by atoms with E-state index in [1.54, 1.807) is 0 Å². The van der Waals surface area contributed by atoms with Gasteiger partial charge in [0.05, 0.1) is 0 Å². The Bertz CT molecular complexity index is 6780. The van der Waals surface area contributed by atoms with Crippen molar-refractivity contribution in [2.75, 3.05) is 0 Å². The fourth-order valence-corrected chi connectivity index (χ4v) is 16.1. The summed E-state index contributed by atoms with van der Waals surface area (Å²) in [4.78, 5) is 0. The summed E-state index contributed by atoms with van der Waals surface area (Å²) < 4.78 is 12.6. The highest BCUT2D eigenvalue weighted by atomic mass is 16.3. The van der Waals surface area contributed by atoms with E-state index in [9.17, 15) is 0 Å². The largest absolute Gasteiger partial charge is 0.456 e. The summed E-state index contributed by atoms with van der Waals surface area (Å²) in [6, 6.07) is 136. The number of hydrogen-bond acceptors (Lipinski definition) is 2. The van der Waals surface area contributed by atoms with Crippen LogP contribution in [-0.4, -0.2) is 0 Å². The molecule has 0 aliphatic rings. The van der Waals surface area contributed by atoms with E-state index in [-0.39, 0.29) is 0 Å². The Balaban J connectivity index is 0.000000137. The Morgan fingerprint density at radius 2 is 0.373 bits per heavy atom. The lowest BCUT2D eigenvalue weighted by Gasteiger charge is -2.18. The molecule has 0 fully saturated rings. The lowest BCUT2D eigenvalue weighted by molar-refractivity contribution is 0.669. The molecule has 0 radical (unpaired) electrons. The Labute approximate surface area is 589 Å². The van der Waals surface area contributed by atoms with Crippen molar-refractivity contribution in [3.8, 4) is 89.0 Å². The number of hydrogen-bond donors (Lipinski definition) is 0. The van der Waals surface area contributed by atoms with Crippen molar-refractivity contribution < 1.29 is 8.83 Å². The van der Waals surface area contributed by atoms with Gasteiger partial charge in [-0.15, -0.1) is 0 Å². The predicted molar refractivity (Wildman–Crippen MR) is 433 cm³/mol. The van der Waals surface area contributed by atoms with Crippen molar-refractivity contribution in [1.82, 2.24) is 0 Å². The molecule has 2 aromatic heterocycles. The molecule has 0 amide bonds. The van der Waals surface area contributed by atoms with Crippen LogP contribution in [0.1, 0.15) is 0 Å². The lowest BCUT2D eigenvalue weighted by Crippen LogP contribution is -1.91. The Morgan fingerprint density at radius 3 is 0.775 bits per heavy atom. The smallest absolute Gasteiger partial charge is 0.136 e. The number of rotatable bonds is 8. The van der Waals surface area contributed by atoms with Gasteiger partial charge in [0.1, 0.15) is 22.3 Å². The fourth-order valence-electron chi connectivity index (χ4n) is 16.1. The predicted octanol–water partition coefficient (Wildman–Crippen LogP) is 28.6. The van der Waals surface area contributed by atoms with Gasteiger partial charge >= 0.3 is 0 Å². The molecule has 0 atom stereocenters. The maximum absolute atomic E-state index is 6.29. The Morgan fingerprint density at radius 1 is 0.118 bits per heavy atom. The maximum Gasteiger partial charge on any atom is 0.136 e. The first kappa shape index (κ1) is 58.7. The first-order valence-electron chi connectivity index (χ1n) is 35.1. The van der Waals surface area contributed by atoms with E-state index >= 15 is 0 Å². The van der Waals surface area contributed by atoms with E-state index in [0.29, 0.717) is 0 Å². The van der Waals surface area contributed by atoms with Gasteiger partial charge < -0.3 is 8.83 Å². The summed E-state index contributed by atoms with van der Waals surface area (Å²) in [6.07, 6.45) is 0. The van der Waals surface area contributed by atoms with Gasteiger partial charge in [-0.25, -0.2) is 0 Å². The van der Waals surface area contributed by atoms with Crippen LogP contribution in [0.2, 0.25) is 0 Å². The topological polar surface area (TPSA) is 26.3 Å². The van der Waals surface area contributed by atoms with Crippen molar-refractivity contribution >= 4 is 119 Å². The molecule has 0 bridgehead atoms. The molecule has 2 nitrogen and oxygen atoms in total. The third kappa shape index (κ3) is 10.1. The minimum absolute atomic E-state index is 0.914. The van der Waals surface area contributed by atoms with Crippen LogP contribution in [0.5, 0.6) is 0 Å². The molecule has 0 saturated carbocycles. The third-order valence-electron chi connectivity index (χ3n) is 21.1. The molecule has 0 spiro atoms. The van der Waals surface area contributed by atoms with Crippen LogP contribution in [0.4, 0.5) is 0 Å². The van der Waals surface area contributed by atoms with Gasteiger partial charge in [0.2, 0.25) is 0 Å². The molecule has 21 aromatic rings. The zero-order valence-electron chi connectivity index (χ0n) is 55.6. The van der Waals surface area contributed by atoms with Gasteiger partial charge in [0, 0.05) is 21.5 Å². The summed E-state index contributed by atoms with van der Waals surface area (Å²) in [5, 5.41) is 22.0. The van der Waals surface area contributed by atoms with Crippen LogP contribution in [0.25, 0.3) is 208 Å². The quantitative estimate of drug-likeness (QED) is 0.142. The second-order valence-corrected chi connectivity index (χ2v) is 26.9. The van der Waals surface area contributed by atoms with Gasteiger partial charge in [-0.2, -0.15) is 0 Å². The Hall–Kier alpha value is -13.4. The first-order chi connectivity index (χ1) is 50.5. The summed E-state index contributed by atoms with van der Waals surface area (Å²) in [5.41, 5.74) is 23.3. The van der Waals surface area contributed by atoms with Gasteiger partial charge in [-0.05, 0) is 225 Å². The van der Waals surface area contributed by atoms with Gasteiger partial charge in [0.15, 0.2) is 0 Å². The molecule has 2 heteroatoms. The lowest BCUT2D eigenvalue weighted by atomic mass is 9.85. The average molecular weight is 1300 g/mol. The molecular weight excluding hydrogens is 1230 g/mol. The Kier molecular flexibility index (Phi) is 14.0. The number of benzene rings is 19. The number of furan rings is 2. The zero-order valence-corrected chi connectivity index (χ0v) is 55.6. The first-order valence-corrected chi connectivity index (χ1v) is 35.1. The SMILES string of the molecule is c1ccc(-c2cccc(-c3c4ccccc4c(-c4ccc(-c5ccc6oc7cc8ccccc8cc7c6c5)cc4)c4ccccc34)c2)cc1.c1ccc2cc(-c3ccc(-c4c5ccccc5c(-c5ccc(-c6ccc7oc8cc9ccccc9cc8c7c6)cc5)c5ccccc45)cc3)ccc2c1. The van der Waals surface area contributed by atoms with Crippen molar-refractivity contribution in [3.05, 3.63) is 376 Å². The molecule has 0 aliphatic carbocycles.